The second-order valence-electron chi connectivity index (χ2n) is 6.66. The van der Waals surface area contributed by atoms with E-state index in [1.54, 1.807) is 0 Å². The zero-order chi connectivity index (χ0) is 20.6. The Labute approximate surface area is 182 Å². The zero-order valence-electron chi connectivity index (χ0n) is 16.6. The largest absolute Gasteiger partial charge is 0.490 e. The van der Waals surface area contributed by atoms with Crippen molar-refractivity contribution in [2.75, 3.05) is 6.61 Å². The molecule has 3 rings (SSSR count). The van der Waals surface area contributed by atoms with Gasteiger partial charge in [0, 0.05) is 12.1 Å². The van der Waals surface area contributed by atoms with Crippen molar-refractivity contribution in [3.63, 3.8) is 0 Å². The number of benzene rings is 3. The van der Waals surface area contributed by atoms with Gasteiger partial charge in [-0.2, -0.15) is 0 Å². The summed E-state index contributed by atoms with van der Waals surface area (Å²) in [5.41, 5.74) is 4.26. The molecule has 0 saturated heterocycles. The smallest absolute Gasteiger partial charge is 0.180 e. The predicted octanol–water partition coefficient (Wildman–Crippen LogP) is 6.09. The standard InChI is InChI=1S/C24H24ClNO2S/c1-3-27-22-14-20(24(29)26-15-18-11-9-17(2)10-12-18)13-21(25)23(22)28-16-19-7-5-4-6-8-19/h4-14H,3,15-16H2,1-2H3,(H,26,29). The summed E-state index contributed by atoms with van der Waals surface area (Å²) in [5.74, 6) is 1.12. The van der Waals surface area contributed by atoms with Crippen LogP contribution >= 0.6 is 23.8 Å². The Morgan fingerprint density at radius 2 is 1.69 bits per heavy atom. The van der Waals surface area contributed by atoms with Crippen LogP contribution in [-0.2, 0) is 13.2 Å². The van der Waals surface area contributed by atoms with Crippen molar-refractivity contribution in [1.82, 2.24) is 5.32 Å². The second-order valence-corrected chi connectivity index (χ2v) is 7.48. The van der Waals surface area contributed by atoms with Gasteiger partial charge in [-0.3, -0.25) is 0 Å². The van der Waals surface area contributed by atoms with Crippen molar-refractivity contribution < 1.29 is 9.47 Å². The van der Waals surface area contributed by atoms with Crippen LogP contribution in [0.15, 0.2) is 66.7 Å². The van der Waals surface area contributed by atoms with E-state index in [1.165, 1.54) is 5.56 Å². The minimum atomic E-state index is 0.413. The molecule has 5 heteroatoms. The van der Waals surface area contributed by atoms with Crippen molar-refractivity contribution in [2.45, 2.75) is 27.0 Å². The third-order valence-corrected chi connectivity index (χ3v) is 5.03. The Balaban J connectivity index is 1.73. The predicted molar refractivity (Wildman–Crippen MR) is 123 cm³/mol. The van der Waals surface area contributed by atoms with Crippen LogP contribution in [-0.4, -0.2) is 11.6 Å². The maximum absolute atomic E-state index is 6.52. The van der Waals surface area contributed by atoms with Crippen LogP contribution in [0, 0.1) is 6.92 Å². The highest BCUT2D eigenvalue weighted by Crippen LogP contribution is 2.37. The third kappa shape index (κ3) is 5.96. The number of hydrogen-bond donors (Lipinski definition) is 1. The molecule has 0 saturated carbocycles. The number of thiocarbonyl (C=S) groups is 1. The summed E-state index contributed by atoms with van der Waals surface area (Å²) in [6.07, 6.45) is 0. The van der Waals surface area contributed by atoms with Crippen molar-refractivity contribution in [3.8, 4) is 11.5 Å². The molecule has 0 aliphatic rings. The van der Waals surface area contributed by atoms with Crippen molar-refractivity contribution in [1.29, 1.82) is 0 Å². The third-order valence-electron chi connectivity index (χ3n) is 4.37. The van der Waals surface area contributed by atoms with Gasteiger partial charge in [-0.15, -0.1) is 0 Å². The fraction of sp³-hybridized carbons (Fsp3) is 0.208. The van der Waals surface area contributed by atoms with Gasteiger partial charge in [0.15, 0.2) is 11.5 Å². The molecule has 0 aromatic heterocycles. The normalized spacial score (nSPS) is 10.4. The molecule has 0 unspecified atom stereocenters. The molecule has 3 nitrogen and oxygen atoms in total. The Kier molecular flexibility index (Phi) is 7.50. The SMILES string of the molecule is CCOc1cc(C(=S)NCc2ccc(C)cc2)cc(Cl)c1OCc1ccccc1. The van der Waals surface area contributed by atoms with Crippen LogP contribution in [0.2, 0.25) is 5.02 Å². The quantitative estimate of drug-likeness (QED) is 0.442. The zero-order valence-corrected chi connectivity index (χ0v) is 18.1. The lowest BCUT2D eigenvalue weighted by Gasteiger charge is -2.16. The fourth-order valence-corrected chi connectivity index (χ4v) is 3.28. The van der Waals surface area contributed by atoms with Gasteiger partial charge >= 0.3 is 0 Å². The average Bonchev–Trinajstić information content (AvgIpc) is 2.73. The number of halogens is 1. The summed E-state index contributed by atoms with van der Waals surface area (Å²) in [4.78, 5) is 0.614. The summed E-state index contributed by atoms with van der Waals surface area (Å²) in [6, 6.07) is 22.0. The van der Waals surface area contributed by atoms with E-state index in [1.807, 2.05) is 49.4 Å². The van der Waals surface area contributed by atoms with Crippen molar-refractivity contribution >= 4 is 28.8 Å². The van der Waals surface area contributed by atoms with Gasteiger partial charge in [0.05, 0.1) is 11.6 Å². The van der Waals surface area contributed by atoms with Gasteiger partial charge in [0.25, 0.3) is 0 Å². The lowest BCUT2D eigenvalue weighted by molar-refractivity contribution is 0.269. The van der Waals surface area contributed by atoms with Gasteiger partial charge < -0.3 is 14.8 Å². The minimum Gasteiger partial charge on any atom is -0.490 e. The highest BCUT2D eigenvalue weighted by Gasteiger charge is 2.15. The molecule has 0 fully saturated rings. The van der Waals surface area contributed by atoms with E-state index >= 15 is 0 Å². The maximum Gasteiger partial charge on any atom is 0.180 e. The molecule has 1 N–H and O–H groups in total. The Morgan fingerprint density at radius 3 is 2.38 bits per heavy atom. The number of hydrogen-bond acceptors (Lipinski definition) is 3. The van der Waals surface area contributed by atoms with Gasteiger partial charge in [-0.1, -0.05) is 84.0 Å². The molecule has 150 valence electrons. The van der Waals surface area contributed by atoms with E-state index in [2.05, 4.69) is 36.5 Å². The first-order chi connectivity index (χ1) is 14.1. The molecule has 29 heavy (non-hydrogen) atoms. The van der Waals surface area contributed by atoms with Crippen LogP contribution in [0.4, 0.5) is 0 Å². The fourth-order valence-electron chi connectivity index (χ4n) is 2.82. The molecule has 3 aromatic carbocycles. The van der Waals surface area contributed by atoms with E-state index < -0.39 is 0 Å². The molecule has 0 heterocycles. The molecule has 0 atom stereocenters. The number of aryl methyl sites for hydroxylation is 1. The van der Waals surface area contributed by atoms with E-state index in [9.17, 15) is 0 Å². The van der Waals surface area contributed by atoms with Gasteiger partial charge in [0.1, 0.15) is 11.6 Å². The summed E-state index contributed by atoms with van der Waals surface area (Å²) in [7, 11) is 0. The van der Waals surface area contributed by atoms with Crippen LogP contribution < -0.4 is 14.8 Å². The molecule has 0 bridgehead atoms. The molecule has 0 radical (unpaired) electrons. The van der Waals surface area contributed by atoms with Gasteiger partial charge in [-0.05, 0) is 37.1 Å². The van der Waals surface area contributed by atoms with E-state index in [-0.39, 0.29) is 0 Å². The minimum absolute atomic E-state index is 0.413. The molecule has 0 aliphatic carbocycles. The highest BCUT2D eigenvalue weighted by atomic mass is 35.5. The number of ether oxygens (including phenoxy) is 2. The highest BCUT2D eigenvalue weighted by molar-refractivity contribution is 7.80. The van der Waals surface area contributed by atoms with Crippen molar-refractivity contribution in [3.05, 3.63) is 94.0 Å². The monoisotopic (exact) mass is 425 g/mol. The van der Waals surface area contributed by atoms with E-state index in [4.69, 9.17) is 33.3 Å². The molecular weight excluding hydrogens is 402 g/mol. The van der Waals surface area contributed by atoms with Crippen LogP contribution in [0.5, 0.6) is 11.5 Å². The Hall–Kier alpha value is -2.56. The summed E-state index contributed by atoms with van der Waals surface area (Å²) >= 11 is 12.1. The number of nitrogens with one attached hydrogen (secondary N) is 1. The molecular formula is C24H24ClNO2S. The lowest BCUT2D eigenvalue weighted by Crippen LogP contribution is -2.21. The van der Waals surface area contributed by atoms with Gasteiger partial charge in [0.2, 0.25) is 0 Å². The Morgan fingerprint density at radius 1 is 0.966 bits per heavy atom. The second kappa shape index (κ2) is 10.3. The molecule has 0 spiro atoms. The molecule has 0 aliphatic heterocycles. The molecule has 0 amide bonds. The average molecular weight is 426 g/mol. The Bertz CT molecular complexity index is 959. The van der Waals surface area contributed by atoms with Crippen LogP contribution in [0.1, 0.15) is 29.2 Å². The summed E-state index contributed by atoms with van der Waals surface area (Å²) in [5, 5.41) is 3.76. The molecule has 3 aromatic rings. The lowest BCUT2D eigenvalue weighted by atomic mass is 10.1. The van der Waals surface area contributed by atoms with E-state index in [0.29, 0.717) is 41.3 Å². The summed E-state index contributed by atoms with van der Waals surface area (Å²) in [6.45, 7) is 5.56. The maximum atomic E-state index is 6.52. The van der Waals surface area contributed by atoms with E-state index in [0.717, 1.165) is 16.7 Å². The van der Waals surface area contributed by atoms with Crippen LogP contribution in [0.25, 0.3) is 0 Å². The first-order valence-corrected chi connectivity index (χ1v) is 10.3. The first kappa shape index (κ1) is 21.2. The van der Waals surface area contributed by atoms with Crippen molar-refractivity contribution in [2.24, 2.45) is 0 Å². The topological polar surface area (TPSA) is 30.5 Å². The summed E-state index contributed by atoms with van der Waals surface area (Å²) < 4.78 is 11.7. The first-order valence-electron chi connectivity index (χ1n) is 9.53. The van der Waals surface area contributed by atoms with Gasteiger partial charge in [-0.25, -0.2) is 0 Å². The number of rotatable bonds is 8. The van der Waals surface area contributed by atoms with Crippen LogP contribution in [0.3, 0.4) is 0 Å².